The molecule has 27 heavy (non-hydrogen) atoms. The van der Waals surface area contributed by atoms with Crippen molar-refractivity contribution in [3.8, 4) is 17.2 Å². The third-order valence-electron chi connectivity index (χ3n) is 4.22. The first kappa shape index (κ1) is 19.9. The van der Waals surface area contributed by atoms with Crippen molar-refractivity contribution in [3.05, 3.63) is 78.4 Å². The molecule has 0 saturated carbocycles. The third kappa shape index (κ3) is 4.69. The zero-order valence-electron chi connectivity index (χ0n) is 15.0. The van der Waals surface area contributed by atoms with E-state index in [1.165, 1.54) is 17.7 Å². The molecular formula is C21H20O4PoS. The SMILES string of the molecule is [CH3][Po][CH](C)c1ccc(S(=O)(=O)c2ccc(Oc3ccc(O)cc3)cc2)cc1. The molecule has 6 heteroatoms. The summed E-state index contributed by atoms with van der Waals surface area (Å²) in [6.45, 7) is 2.20. The Morgan fingerprint density at radius 3 is 1.74 bits per heavy atom. The summed E-state index contributed by atoms with van der Waals surface area (Å²) < 4.78 is 34.2. The molecule has 0 fully saturated rings. The second-order valence-corrected chi connectivity index (χ2v) is 12.5. The molecule has 1 atom stereocenters. The number of phenols is 1. The zero-order chi connectivity index (χ0) is 19.4. The second-order valence-electron chi connectivity index (χ2n) is 6.02. The van der Waals surface area contributed by atoms with Crippen LogP contribution in [0.3, 0.4) is 0 Å². The van der Waals surface area contributed by atoms with Crippen LogP contribution in [0, 0.1) is 0 Å². The van der Waals surface area contributed by atoms with Crippen molar-refractivity contribution in [2.45, 2.75) is 24.9 Å². The molecule has 140 valence electrons. The van der Waals surface area contributed by atoms with Crippen molar-refractivity contribution in [3.63, 3.8) is 0 Å². The summed E-state index contributed by atoms with van der Waals surface area (Å²) >= 11 is -0.401. The number of rotatable bonds is 6. The van der Waals surface area contributed by atoms with E-state index in [9.17, 15) is 13.5 Å². The van der Waals surface area contributed by atoms with E-state index in [4.69, 9.17) is 4.74 Å². The van der Waals surface area contributed by atoms with Crippen LogP contribution in [0.25, 0.3) is 0 Å². The van der Waals surface area contributed by atoms with Crippen LogP contribution < -0.4 is 4.74 Å². The van der Waals surface area contributed by atoms with Crippen LogP contribution in [0.5, 0.6) is 17.2 Å². The molecule has 0 heterocycles. The zero-order valence-corrected chi connectivity index (χ0v) is 19.0. The molecule has 0 spiro atoms. The molecule has 1 unspecified atom stereocenters. The molecule has 3 aromatic carbocycles. The van der Waals surface area contributed by atoms with Gasteiger partial charge in [-0.05, 0) is 24.3 Å². The van der Waals surface area contributed by atoms with Crippen LogP contribution in [0.2, 0.25) is 4.58 Å². The monoisotopic (exact) mass is 577 g/mol. The minimum atomic E-state index is -3.56. The molecule has 0 aliphatic rings. The first-order chi connectivity index (χ1) is 12.9. The molecule has 3 aromatic rings. The molecule has 1 N–H and O–H groups in total. The molecule has 0 bridgehead atoms. The van der Waals surface area contributed by atoms with Crippen molar-refractivity contribution in [1.29, 1.82) is 0 Å². The predicted molar refractivity (Wildman–Crippen MR) is 107 cm³/mol. The van der Waals surface area contributed by atoms with Crippen LogP contribution in [0.4, 0.5) is 0 Å². The van der Waals surface area contributed by atoms with Crippen molar-refractivity contribution in [1.82, 2.24) is 0 Å². The van der Waals surface area contributed by atoms with Crippen LogP contribution in [-0.2, 0) is 9.84 Å². The van der Waals surface area contributed by atoms with Crippen LogP contribution in [-0.4, -0.2) is 37.1 Å². The van der Waals surface area contributed by atoms with E-state index in [2.05, 4.69) is 11.5 Å². The molecular weight excluding hydrogens is 557 g/mol. The van der Waals surface area contributed by atoms with E-state index in [0.29, 0.717) is 20.0 Å². The molecule has 0 radical (unpaired) electrons. The first-order valence-corrected chi connectivity index (χ1v) is 14.8. The van der Waals surface area contributed by atoms with E-state index < -0.39 is 33.4 Å². The number of hydrogen-bond acceptors (Lipinski definition) is 4. The van der Waals surface area contributed by atoms with E-state index in [1.807, 2.05) is 12.1 Å². The minimum absolute atomic E-state index is 0.158. The van der Waals surface area contributed by atoms with E-state index in [-0.39, 0.29) is 10.6 Å². The Morgan fingerprint density at radius 2 is 1.26 bits per heavy atom. The topological polar surface area (TPSA) is 63.6 Å². The average molecular weight is 577 g/mol. The second kappa shape index (κ2) is 8.42. The van der Waals surface area contributed by atoms with Crippen LogP contribution in [0.15, 0.2) is 82.6 Å². The van der Waals surface area contributed by atoms with Gasteiger partial charge < -0.3 is 5.11 Å². The normalized spacial score (nSPS) is 12.5. The molecule has 4 nitrogen and oxygen atoms in total. The number of phenolic OH excluding ortho intramolecular Hbond substituents is 1. The van der Waals surface area contributed by atoms with Gasteiger partial charge in [0.15, 0.2) is 0 Å². The standard InChI is InChI=1S/C20H17O4S.CH3.Po/c1-2-15-3-11-19(12-4-15)25(22,23)20-13-9-18(10-14-20)24-17-7-5-16(21)6-8-17;;/h2-14,21H,1H3;1H3;. The molecule has 3 rings (SSSR count). The van der Waals surface area contributed by atoms with Crippen molar-refractivity contribution >= 4 is 33.4 Å². The number of benzene rings is 3. The molecule has 0 aromatic heterocycles. The summed E-state index contributed by atoms with van der Waals surface area (Å²) in [4.78, 5) is 0.528. The summed E-state index contributed by atoms with van der Waals surface area (Å²) in [6.07, 6.45) is 0. The quantitative estimate of drug-likeness (QED) is 0.456. The van der Waals surface area contributed by atoms with Gasteiger partial charge in [-0.1, -0.05) is 0 Å². The maximum atomic E-state index is 12.8. The average Bonchev–Trinajstić information content (AvgIpc) is 2.69. The molecule has 0 saturated heterocycles. The fourth-order valence-corrected chi connectivity index (χ4v) is 5.46. The van der Waals surface area contributed by atoms with Crippen molar-refractivity contribution in [2.24, 2.45) is 0 Å². The van der Waals surface area contributed by atoms with Gasteiger partial charge in [-0.15, -0.1) is 0 Å². The third-order valence-corrected chi connectivity index (χ3v) is 9.81. The van der Waals surface area contributed by atoms with Gasteiger partial charge in [0.25, 0.3) is 0 Å². The van der Waals surface area contributed by atoms with E-state index >= 15 is 0 Å². The number of aromatic hydroxyl groups is 1. The van der Waals surface area contributed by atoms with Gasteiger partial charge in [0.2, 0.25) is 0 Å². The fourth-order valence-electron chi connectivity index (χ4n) is 2.53. The Bertz CT molecular complexity index is 996. The maximum absolute atomic E-state index is 12.8. The van der Waals surface area contributed by atoms with Gasteiger partial charge in [0, 0.05) is 0 Å². The summed E-state index contributed by atoms with van der Waals surface area (Å²) in [5.41, 5.74) is 1.21. The van der Waals surface area contributed by atoms with Gasteiger partial charge in [-0.3, -0.25) is 0 Å². The predicted octanol–water partition coefficient (Wildman–Crippen LogP) is 4.83. The van der Waals surface area contributed by atoms with E-state index in [1.54, 1.807) is 48.5 Å². The molecule has 0 aliphatic heterocycles. The summed E-state index contributed by atoms with van der Waals surface area (Å²) in [5.74, 6) is 1.25. The summed E-state index contributed by atoms with van der Waals surface area (Å²) in [7, 11) is -3.56. The van der Waals surface area contributed by atoms with Crippen molar-refractivity contribution in [2.75, 3.05) is 0 Å². The van der Waals surface area contributed by atoms with Gasteiger partial charge in [-0.25, -0.2) is 0 Å². The number of sulfone groups is 1. The van der Waals surface area contributed by atoms with Gasteiger partial charge in [0.1, 0.15) is 5.75 Å². The Morgan fingerprint density at radius 1 is 0.815 bits per heavy atom. The summed E-state index contributed by atoms with van der Waals surface area (Å²) in [6, 6.07) is 19.9. The summed E-state index contributed by atoms with van der Waals surface area (Å²) in [5, 5.41) is 9.30. The van der Waals surface area contributed by atoms with Gasteiger partial charge in [-0.2, -0.15) is 0 Å². The molecule has 0 aliphatic carbocycles. The Balaban J connectivity index is 1.79. The number of ether oxygens (including phenoxy) is 1. The fraction of sp³-hybridized carbons (Fsp3) is 0.143. The van der Waals surface area contributed by atoms with Crippen LogP contribution in [0.1, 0.15) is 16.1 Å². The Kier molecular flexibility index (Phi) is 6.19. The molecule has 0 amide bonds. The van der Waals surface area contributed by atoms with Crippen LogP contribution >= 0.6 is 0 Å². The Labute approximate surface area is 171 Å². The van der Waals surface area contributed by atoms with Gasteiger partial charge >= 0.3 is 137 Å². The van der Waals surface area contributed by atoms with Gasteiger partial charge in [0.05, 0.1) is 0 Å². The van der Waals surface area contributed by atoms with E-state index in [0.717, 1.165) is 0 Å². The van der Waals surface area contributed by atoms with Crippen molar-refractivity contribution < 1.29 is 18.3 Å². The Hall–Kier alpha value is -1.89. The number of hydrogen-bond donors (Lipinski definition) is 1. The first-order valence-electron chi connectivity index (χ1n) is 8.35.